The van der Waals surface area contributed by atoms with Crippen LogP contribution >= 0.6 is 0 Å². The molecule has 1 aromatic carbocycles. The minimum atomic E-state index is -1.26. The third-order valence-electron chi connectivity index (χ3n) is 3.68. The number of nitrogens with zero attached hydrogens (tertiary/aromatic N) is 1. The summed E-state index contributed by atoms with van der Waals surface area (Å²) in [5.41, 5.74) is 0.804. The molecule has 0 radical (unpaired) electrons. The van der Waals surface area contributed by atoms with Gasteiger partial charge in [0.25, 0.3) is 0 Å². The predicted molar refractivity (Wildman–Crippen MR) is 94.2 cm³/mol. The third-order valence-corrected chi connectivity index (χ3v) is 3.68. The van der Waals surface area contributed by atoms with Gasteiger partial charge in [-0.1, -0.05) is 37.3 Å². The number of benzene rings is 1. The summed E-state index contributed by atoms with van der Waals surface area (Å²) in [6.45, 7) is 1.37. The first kappa shape index (κ1) is 21.9. The molecular formula is C18H23N3O6. The number of hydrogen-bond acceptors (Lipinski definition) is 6. The number of carbonyl (C=O) groups is 3. The molecule has 0 aliphatic heterocycles. The lowest BCUT2D eigenvalue weighted by Gasteiger charge is -2.20. The number of amides is 2. The van der Waals surface area contributed by atoms with Crippen molar-refractivity contribution >= 4 is 18.0 Å². The maximum absolute atomic E-state index is 11.9. The van der Waals surface area contributed by atoms with Crippen LogP contribution in [0.4, 0.5) is 4.79 Å². The van der Waals surface area contributed by atoms with Gasteiger partial charge in [-0.15, -0.1) is 0 Å². The average Bonchev–Trinajstić information content (AvgIpc) is 2.63. The van der Waals surface area contributed by atoms with Crippen molar-refractivity contribution in [3.05, 3.63) is 35.9 Å². The maximum Gasteiger partial charge on any atom is 0.407 e. The number of carbonyl (C=O) groups excluding carboxylic acids is 2. The maximum atomic E-state index is 11.9. The predicted octanol–water partition coefficient (Wildman–Crippen LogP) is 0.783. The number of nitriles is 1. The molecular weight excluding hydrogens is 354 g/mol. The van der Waals surface area contributed by atoms with Gasteiger partial charge < -0.3 is 25.6 Å². The van der Waals surface area contributed by atoms with E-state index in [4.69, 9.17) is 15.1 Å². The number of nitrogens with one attached hydrogen (secondary N) is 2. The van der Waals surface area contributed by atoms with E-state index < -0.39 is 42.5 Å². The zero-order valence-corrected chi connectivity index (χ0v) is 14.9. The number of carboxylic acids is 1. The zero-order chi connectivity index (χ0) is 20.2. The van der Waals surface area contributed by atoms with Crippen molar-refractivity contribution in [3.63, 3.8) is 0 Å². The number of aliphatic hydroxyl groups is 1. The van der Waals surface area contributed by atoms with Crippen LogP contribution in [-0.2, 0) is 20.9 Å². The van der Waals surface area contributed by atoms with Crippen molar-refractivity contribution in [2.75, 3.05) is 6.54 Å². The van der Waals surface area contributed by atoms with Crippen molar-refractivity contribution in [1.82, 2.24) is 10.6 Å². The molecule has 3 atom stereocenters. The van der Waals surface area contributed by atoms with E-state index in [9.17, 15) is 19.5 Å². The minimum absolute atomic E-state index is 0.0331. The van der Waals surface area contributed by atoms with E-state index in [0.29, 0.717) is 0 Å². The molecule has 4 N–H and O–H groups in total. The molecule has 0 bridgehead atoms. The summed E-state index contributed by atoms with van der Waals surface area (Å²) < 4.78 is 4.97. The Kier molecular flexibility index (Phi) is 9.33. The molecule has 0 heterocycles. The number of ether oxygens (including phenoxy) is 1. The summed E-state index contributed by atoms with van der Waals surface area (Å²) in [4.78, 5) is 34.6. The van der Waals surface area contributed by atoms with E-state index >= 15 is 0 Å². The van der Waals surface area contributed by atoms with Crippen LogP contribution in [0.2, 0.25) is 0 Å². The molecule has 0 aliphatic rings. The SMILES string of the molecule is C[C@@H](CC#N)[C@@H](NC(=O)C[C@@H](O)CNC(=O)OCc1ccccc1)C(=O)O. The molecule has 2 amide bonds. The van der Waals surface area contributed by atoms with Gasteiger partial charge in [-0.05, 0) is 5.56 Å². The fourth-order valence-electron chi connectivity index (χ4n) is 2.20. The molecule has 27 heavy (non-hydrogen) atoms. The van der Waals surface area contributed by atoms with Crippen LogP contribution in [0.3, 0.4) is 0 Å². The van der Waals surface area contributed by atoms with E-state index in [-0.39, 0.29) is 19.6 Å². The third kappa shape index (κ3) is 8.69. The van der Waals surface area contributed by atoms with Gasteiger partial charge in [-0.25, -0.2) is 9.59 Å². The Balaban J connectivity index is 2.34. The number of aliphatic hydroxyl groups excluding tert-OH is 1. The quantitative estimate of drug-likeness (QED) is 0.471. The minimum Gasteiger partial charge on any atom is -0.480 e. The largest absolute Gasteiger partial charge is 0.480 e. The van der Waals surface area contributed by atoms with Crippen molar-refractivity contribution in [2.24, 2.45) is 5.92 Å². The Hall–Kier alpha value is -3.12. The molecule has 0 aliphatic carbocycles. The van der Waals surface area contributed by atoms with Gasteiger partial charge in [-0.3, -0.25) is 4.79 Å². The Morgan fingerprint density at radius 2 is 1.93 bits per heavy atom. The van der Waals surface area contributed by atoms with Crippen molar-refractivity contribution < 1.29 is 29.3 Å². The summed E-state index contributed by atoms with van der Waals surface area (Å²) in [5, 5.41) is 32.2. The molecule has 146 valence electrons. The molecule has 0 unspecified atom stereocenters. The molecule has 0 fully saturated rings. The average molecular weight is 377 g/mol. The number of aliphatic carboxylic acids is 1. The van der Waals surface area contributed by atoms with Crippen molar-refractivity contribution in [1.29, 1.82) is 5.26 Å². The molecule has 0 spiro atoms. The molecule has 0 saturated carbocycles. The van der Waals surface area contributed by atoms with Crippen LogP contribution in [0.5, 0.6) is 0 Å². The molecule has 9 heteroatoms. The van der Waals surface area contributed by atoms with Crippen LogP contribution in [0.1, 0.15) is 25.3 Å². The Morgan fingerprint density at radius 1 is 1.26 bits per heavy atom. The van der Waals surface area contributed by atoms with E-state index in [2.05, 4.69) is 10.6 Å². The lowest BCUT2D eigenvalue weighted by molar-refractivity contribution is -0.143. The number of carboxylic acid groups (broad SMARTS) is 1. The zero-order valence-electron chi connectivity index (χ0n) is 14.9. The molecule has 1 rings (SSSR count). The van der Waals surface area contributed by atoms with Crippen LogP contribution in [-0.4, -0.2) is 46.9 Å². The number of rotatable bonds is 10. The standard InChI is InChI=1S/C18H23N3O6/c1-12(7-8-19)16(17(24)25)21-15(23)9-14(22)10-20-18(26)27-11-13-5-3-2-4-6-13/h2-6,12,14,16,22H,7,9-11H2,1H3,(H,20,26)(H,21,23)(H,24,25)/t12-,14+,16+/m0/s1. The summed E-state index contributed by atoms with van der Waals surface area (Å²) in [6, 6.07) is 9.65. The first-order valence-corrected chi connectivity index (χ1v) is 8.35. The first-order valence-electron chi connectivity index (χ1n) is 8.35. The van der Waals surface area contributed by atoms with E-state index in [1.54, 1.807) is 24.3 Å². The summed E-state index contributed by atoms with van der Waals surface area (Å²) in [7, 11) is 0. The second-order valence-electron chi connectivity index (χ2n) is 6.02. The Morgan fingerprint density at radius 3 is 2.52 bits per heavy atom. The van der Waals surface area contributed by atoms with Gasteiger partial charge in [0.1, 0.15) is 12.6 Å². The molecule has 0 saturated heterocycles. The highest BCUT2D eigenvalue weighted by Crippen LogP contribution is 2.08. The van der Waals surface area contributed by atoms with Crippen molar-refractivity contribution in [2.45, 2.75) is 38.5 Å². The lowest BCUT2D eigenvalue weighted by atomic mass is 9.99. The monoisotopic (exact) mass is 377 g/mol. The second-order valence-corrected chi connectivity index (χ2v) is 6.02. The summed E-state index contributed by atoms with van der Waals surface area (Å²) >= 11 is 0. The highest BCUT2D eigenvalue weighted by atomic mass is 16.5. The van der Waals surface area contributed by atoms with E-state index in [1.807, 2.05) is 12.1 Å². The lowest BCUT2D eigenvalue weighted by Crippen LogP contribution is -2.46. The van der Waals surface area contributed by atoms with Crippen LogP contribution in [0.25, 0.3) is 0 Å². The smallest absolute Gasteiger partial charge is 0.407 e. The van der Waals surface area contributed by atoms with Gasteiger partial charge >= 0.3 is 12.1 Å². The van der Waals surface area contributed by atoms with Gasteiger partial charge in [0.05, 0.1) is 18.6 Å². The first-order chi connectivity index (χ1) is 12.8. The molecule has 0 aromatic heterocycles. The van der Waals surface area contributed by atoms with E-state index in [1.165, 1.54) is 6.92 Å². The van der Waals surface area contributed by atoms with Crippen molar-refractivity contribution in [3.8, 4) is 6.07 Å². The van der Waals surface area contributed by atoms with Gasteiger partial charge in [-0.2, -0.15) is 5.26 Å². The van der Waals surface area contributed by atoms with Gasteiger partial charge in [0.2, 0.25) is 5.91 Å². The van der Waals surface area contributed by atoms with Crippen LogP contribution in [0, 0.1) is 17.2 Å². The fourth-order valence-corrected chi connectivity index (χ4v) is 2.20. The molecule has 9 nitrogen and oxygen atoms in total. The summed E-state index contributed by atoms with van der Waals surface area (Å²) in [6.07, 6.45) is -2.39. The van der Waals surface area contributed by atoms with Gasteiger partial charge in [0.15, 0.2) is 0 Å². The van der Waals surface area contributed by atoms with E-state index in [0.717, 1.165) is 5.56 Å². The Labute approximate surface area is 156 Å². The highest BCUT2D eigenvalue weighted by molar-refractivity contribution is 5.84. The van der Waals surface area contributed by atoms with Crippen LogP contribution < -0.4 is 10.6 Å². The van der Waals surface area contributed by atoms with Crippen LogP contribution in [0.15, 0.2) is 30.3 Å². The normalized spacial score (nSPS) is 13.5. The number of alkyl carbamates (subject to hydrolysis) is 1. The number of hydrogen-bond donors (Lipinski definition) is 4. The highest BCUT2D eigenvalue weighted by Gasteiger charge is 2.27. The topological polar surface area (TPSA) is 149 Å². The summed E-state index contributed by atoms with van der Waals surface area (Å²) in [5.74, 6) is -2.54. The second kappa shape index (κ2) is 11.5. The van der Waals surface area contributed by atoms with Gasteiger partial charge in [0, 0.05) is 18.9 Å². The molecule has 1 aromatic rings. The fraction of sp³-hybridized carbons (Fsp3) is 0.444. The Bertz CT molecular complexity index is 673.